The van der Waals surface area contributed by atoms with Crippen molar-refractivity contribution in [2.24, 2.45) is 0 Å². The second-order valence-electron chi connectivity index (χ2n) is 6.17. The average molecular weight is 322 g/mol. The van der Waals surface area contributed by atoms with Gasteiger partial charge in [0.2, 0.25) is 0 Å². The highest BCUT2D eigenvalue weighted by molar-refractivity contribution is 5.77. The van der Waals surface area contributed by atoms with E-state index >= 15 is 0 Å². The smallest absolute Gasteiger partial charge is 0.303 e. The largest absolute Gasteiger partial charge is 0.423 e. The highest BCUT2D eigenvalue weighted by Crippen LogP contribution is 2.25. The summed E-state index contributed by atoms with van der Waals surface area (Å²) in [4.78, 5) is 11.0. The van der Waals surface area contributed by atoms with E-state index in [9.17, 15) is 0 Å². The van der Waals surface area contributed by atoms with Gasteiger partial charge in [-0.05, 0) is 56.4 Å². The zero-order valence-corrected chi connectivity index (χ0v) is 13.8. The Labute approximate surface area is 139 Å². The van der Waals surface area contributed by atoms with Gasteiger partial charge in [0.25, 0.3) is 0 Å². The van der Waals surface area contributed by atoms with Crippen LogP contribution in [0, 0.1) is 6.92 Å². The van der Waals surface area contributed by atoms with Gasteiger partial charge in [-0.3, -0.25) is 5.32 Å². The first-order valence-electron chi connectivity index (χ1n) is 7.75. The maximum absolute atomic E-state index is 5.72. The van der Waals surface area contributed by atoms with Crippen LogP contribution in [0.1, 0.15) is 11.1 Å². The molecular formula is C18H18N4O2. The van der Waals surface area contributed by atoms with Crippen molar-refractivity contribution in [1.82, 2.24) is 14.9 Å². The first kappa shape index (κ1) is 14.7. The molecule has 0 aliphatic heterocycles. The summed E-state index contributed by atoms with van der Waals surface area (Å²) in [7, 11) is 4.07. The maximum atomic E-state index is 5.72. The van der Waals surface area contributed by atoms with Crippen molar-refractivity contribution in [3.8, 4) is 0 Å². The van der Waals surface area contributed by atoms with Crippen molar-refractivity contribution in [2.45, 2.75) is 13.5 Å². The quantitative estimate of drug-likeness (QED) is 0.610. The number of hydrogen-bond donors (Lipinski definition) is 1. The fourth-order valence-corrected chi connectivity index (χ4v) is 2.67. The summed E-state index contributed by atoms with van der Waals surface area (Å²) >= 11 is 0. The van der Waals surface area contributed by atoms with Crippen LogP contribution in [0.2, 0.25) is 0 Å². The predicted octanol–water partition coefficient (Wildman–Crippen LogP) is 4.08. The lowest BCUT2D eigenvalue weighted by atomic mass is 10.2. The Kier molecular flexibility index (Phi) is 3.46. The summed E-state index contributed by atoms with van der Waals surface area (Å²) in [6.45, 7) is 2.88. The Bertz CT molecular complexity index is 1020. The third-order valence-electron chi connectivity index (χ3n) is 3.71. The van der Waals surface area contributed by atoms with E-state index in [0.717, 1.165) is 34.3 Å². The number of oxazole rings is 2. The van der Waals surface area contributed by atoms with Gasteiger partial charge in [-0.1, -0.05) is 12.1 Å². The molecule has 1 N–H and O–H groups in total. The van der Waals surface area contributed by atoms with Crippen LogP contribution in [0.25, 0.3) is 22.2 Å². The van der Waals surface area contributed by atoms with Crippen LogP contribution >= 0.6 is 0 Å². The van der Waals surface area contributed by atoms with Crippen molar-refractivity contribution in [2.75, 3.05) is 19.4 Å². The lowest BCUT2D eigenvalue weighted by molar-refractivity contribution is 0.402. The first-order valence-corrected chi connectivity index (χ1v) is 7.75. The van der Waals surface area contributed by atoms with E-state index in [2.05, 4.69) is 20.2 Å². The van der Waals surface area contributed by atoms with Crippen molar-refractivity contribution < 1.29 is 8.83 Å². The van der Waals surface area contributed by atoms with Crippen LogP contribution < -0.4 is 5.32 Å². The molecule has 24 heavy (non-hydrogen) atoms. The van der Waals surface area contributed by atoms with E-state index in [1.807, 2.05) is 57.4 Å². The first-order chi connectivity index (χ1) is 11.6. The summed E-state index contributed by atoms with van der Waals surface area (Å²) in [6.07, 6.45) is 0. The Hall–Kier alpha value is -2.86. The number of benzene rings is 2. The number of fused-ring (bicyclic) bond motifs is 2. The number of aryl methyl sites for hydroxylation is 1. The molecule has 0 fully saturated rings. The van der Waals surface area contributed by atoms with E-state index in [1.165, 1.54) is 5.56 Å². The third-order valence-corrected chi connectivity index (χ3v) is 3.71. The summed E-state index contributed by atoms with van der Waals surface area (Å²) in [6, 6.07) is 12.6. The Morgan fingerprint density at radius 1 is 0.917 bits per heavy atom. The highest BCUT2D eigenvalue weighted by atomic mass is 16.4. The van der Waals surface area contributed by atoms with Crippen LogP contribution in [0.4, 0.5) is 12.0 Å². The average Bonchev–Trinajstić information content (AvgIpc) is 3.08. The molecule has 0 aliphatic carbocycles. The fraction of sp³-hybridized carbons (Fsp3) is 0.222. The minimum Gasteiger partial charge on any atom is -0.423 e. The molecule has 0 atom stereocenters. The van der Waals surface area contributed by atoms with E-state index in [-0.39, 0.29) is 0 Å². The number of nitrogens with zero attached hydrogens (tertiary/aromatic N) is 3. The molecule has 122 valence electrons. The number of aromatic nitrogens is 2. The second-order valence-corrected chi connectivity index (χ2v) is 6.17. The molecule has 0 saturated carbocycles. The van der Waals surface area contributed by atoms with Crippen molar-refractivity contribution >= 4 is 34.2 Å². The molecule has 0 bridgehead atoms. The van der Waals surface area contributed by atoms with E-state index in [0.29, 0.717) is 12.0 Å². The Morgan fingerprint density at radius 3 is 2.21 bits per heavy atom. The predicted molar refractivity (Wildman–Crippen MR) is 93.4 cm³/mol. The number of rotatable bonds is 4. The lowest BCUT2D eigenvalue weighted by Gasteiger charge is -2.08. The summed E-state index contributed by atoms with van der Waals surface area (Å²) in [5, 5.41) is 3.00. The minimum atomic E-state index is 0.371. The zero-order chi connectivity index (χ0) is 16.7. The molecule has 0 spiro atoms. The molecule has 0 saturated heterocycles. The molecule has 0 aliphatic rings. The minimum absolute atomic E-state index is 0.371. The molecule has 0 amide bonds. The van der Waals surface area contributed by atoms with Crippen LogP contribution in [-0.2, 0) is 6.54 Å². The van der Waals surface area contributed by atoms with E-state index < -0.39 is 0 Å². The topological polar surface area (TPSA) is 67.3 Å². The fourth-order valence-electron chi connectivity index (χ4n) is 2.67. The normalized spacial score (nSPS) is 11.7. The molecule has 2 aromatic heterocycles. The zero-order valence-electron chi connectivity index (χ0n) is 13.8. The highest BCUT2D eigenvalue weighted by Gasteiger charge is 2.11. The van der Waals surface area contributed by atoms with Crippen LogP contribution in [0.15, 0.2) is 45.2 Å². The Balaban J connectivity index is 1.63. The lowest BCUT2D eigenvalue weighted by Crippen LogP contribution is -2.10. The van der Waals surface area contributed by atoms with E-state index in [1.54, 1.807) is 0 Å². The van der Waals surface area contributed by atoms with Gasteiger partial charge in [-0.15, -0.1) is 0 Å². The molecule has 4 rings (SSSR count). The second kappa shape index (κ2) is 5.65. The van der Waals surface area contributed by atoms with Crippen LogP contribution in [-0.4, -0.2) is 29.0 Å². The van der Waals surface area contributed by atoms with Crippen LogP contribution in [0.5, 0.6) is 0 Å². The molecule has 6 heteroatoms. The summed E-state index contributed by atoms with van der Waals surface area (Å²) < 4.78 is 11.4. The third kappa shape index (κ3) is 2.83. The SMILES string of the molecule is Cc1ccc2oc(Nc3nc4cc(CN(C)C)ccc4o3)nc2c1. The number of hydrogen-bond acceptors (Lipinski definition) is 6. The van der Waals surface area contributed by atoms with Crippen molar-refractivity contribution in [3.63, 3.8) is 0 Å². The summed E-state index contributed by atoms with van der Waals surface area (Å²) in [5.41, 5.74) is 5.40. The van der Waals surface area contributed by atoms with Crippen molar-refractivity contribution in [1.29, 1.82) is 0 Å². The number of anilines is 2. The molecule has 2 aromatic carbocycles. The van der Waals surface area contributed by atoms with Crippen molar-refractivity contribution in [3.05, 3.63) is 47.5 Å². The van der Waals surface area contributed by atoms with Gasteiger partial charge in [0.1, 0.15) is 11.0 Å². The maximum Gasteiger partial charge on any atom is 0.303 e. The van der Waals surface area contributed by atoms with Gasteiger partial charge >= 0.3 is 12.0 Å². The Morgan fingerprint density at radius 2 is 1.54 bits per heavy atom. The monoisotopic (exact) mass is 322 g/mol. The number of nitrogens with one attached hydrogen (secondary N) is 1. The van der Waals surface area contributed by atoms with Gasteiger partial charge < -0.3 is 13.7 Å². The van der Waals surface area contributed by atoms with Gasteiger partial charge in [-0.2, -0.15) is 9.97 Å². The molecular weight excluding hydrogens is 304 g/mol. The molecule has 6 nitrogen and oxygen atoms in total. The van der Waals surface area contributed by atoms with Gasteiger partial charge in [0, 0.05) is 6.54 Å². The standard InChI is InChI=1S/C18H18N4O2/c1-11-4-6-15-13(8-11)19-17(23-15)21-18-20-14-9-12(10-22(2)3)5-7-16(14)24-18/h4-9H,10H2,1-3H3,(H,19,20,21). The van der Waals surface area contributed by atoms with Gasteiger partial charge in [-0.25, -0.2) is 0 Å². The van der Waals surface area contributed by atoms with Gasteiger partial charge in [0.05, 0.1) is 0 Å². The molecule has 0 unspecified atom stereocenters. The van der Waals surface area contributed by atoms with Gasteiger partial charge in [0.15, 0.2) is 11.2 Å². The molecule has 2 heterocycles. The summed E-state index contributed by atoms with van der Waals surface area (Å²) in [5.74, 6) is 0. The molecule has 4 aromatic rings. The van der Waals surface area contributed by atoms with E-state index in [4.69, 9.17) is 8.83 Å². The molecule has 0 radical (unpaired) electrons. The van der Waals surface area contributed by atoms with Crippen LogP contribution in [0.3, 0.4) is 0 Å².